The van der Waals surface area contributed by atoms with Crippen LogP contribution in [0.25, 0.3) is 0 Å². The molecule has 2 aromatic heterocycles. The van der Waals surface area contributed by atoms with Gasteiger partial charge in [-0.25, -0.2) is 4.39 Å². The minimum absolute atomic E-state index is 0.0396. The second-order valence-electron chi connectivity index (χ2n) is 10.3. The van der Waals surface area contributed by atoms with Gasteiger partial charge in [0.15, 0.2) is 11.0 Å². The quantitative estimate of drug-likeness (QED) is 0.371. The molecule has 2 heterocycles. The number of nitriles is 1. The number of thioether (sulfide) groups is 1. The Bertz CT molecular complexity index is 1390. The first-order valence-electron chi connectivity index (χ1n) is 12.5. The number of aromatic nitrogens is 3. The van der Waals surface area contributed by atoms with Gasteiger partial charge in [-0.1, -0.05) is 44.7 Å². The maximum Gasteiger partial charge on any atom is 0.254 e. The van der Waals surface area contributed by atoms with Gasteiger partial charge >= 0.3 is 0 Å². The summed E-state index contributed by atoms with van der Waals surface area (Å²) in [7, 11) is 0. The molecule has 38 heavy (non-hydrogen) atoms. The van der Waals surface area contributed by atoms with Gasteiger partial charge < -0.3 is 15.2 Å². The SMILES string of the molecule is CCn1c(CNC(=O)c2ccccc2F)nnc1SCC(=O)Nc1sc2c(c1C#N)CC[C@H](C(C)(C)C)C2. The van der Waals surface area contributed by atoms with Crippen molar-refractivity contribution in [1.82, 2.24) is 20.1 Å². The monoisotopic (exact) mass is 554 g/mol. The van der Waals surface area contributed by atoms with Crippen LogP contribution in [0.4, 0.5) is 9.39 Å². The fourth-order valence-corrected chi connectivity index (χ4v) is 6.71. The van der Waals surface area contributed by atoms with Gasteiger partial charge in [0, 0.05) is 11.4 Å². The first-order chi connectivity index (χ1) is 18.1. The average molecular weight is 555 g/mol. The molecular formula is C27H31FN6O2S2. The van der Waals surface area contributed by atoms with Crippen LogP contribution in [0.1, 0.15) is 66.3 Å². The Morgan fingerprint density at radius 3 is 2.74 bits per heavy atom. The first kappa shape index (κ1) is 27.8. The van der Waals surface area contributed by atoms with Crippen LogP contribution >= 0.6 is 23.1 Å². The van der Waals surface area contributed by atoms with Crippen LogP contribution in [0, 0.1) is 28.5 Å². The largest absolute Gasteiger partial charge is 0.345 e. The molecular weight excluding hydrogens is 523 g/mol. The van der Waals surface area contributed by atoms with Crippen molar-refractivity contribution >= 4 is 39.9 Å². The molecule has 1 aromatic carbocycles. The predicted octanol–water partition coefficient (Wildman–Crippen LogP) is 5.18. The van der Waals surface area contributed by atoms with Crippen LogP contribution in [-0.2, 0) is 30.7 Å². The number of hydrogen-bond donors (Lipinski definition) is 2. The normalized spacial score (nSPS) is 15.0. The highest BCUT2D eigenvalue weighted by atomic mass is 32.2. The molecule has 1 aliphatic carbocycles. The molecule has 2 N–H and O–H groups in total. The minimum atomic E-state index is -0.593. The molecule has 11 heteroatoms. The number of amides is 2. The van der Waals surface area contributed by atoms with E-state index in [0.717, 1.165) is 24.8 Å². The molecule has 0 aliphatic heterocycles. The number of thiophene rings is 1. The van der Waals surface area contributed by atoms with Crippen molar-refractivity contribution in [2.75, 3.05) is 11.1 Å². The third-order valence-corrected chi connectivity index (χ3v) is 8.96. The van der Waals surface area contributed by atoms with E-state index in [9.17, 15) is 19.2 Å². The van der Waals surface area contributed by atoms with Crippen LogP contribution in [-0.4, -0.2) is 32.3 Å². The summed E-state index contributed by atoms with van der Waals surface area (Å²) < 4.78 is 15.7. The van der Waals surface area contributed by atoms with Crippen LogP contribution < -0.4 is 10.6 Å². The Morgan fingerprint density at radius 1 is 1.29 bits per heavy atom. The molecule has 0 radical (unpaired) electrons. The van der Waals surface area contributed by atoms with Crippen LogP contribution in [0.15, 0.2) is 29.4 Å². The van der Waals surface area contributed by atoms with Crippen molar-refractivity contribution in [1.29, 1.82) is 5.26 Å². The van der Waals surface area contributed by atoms with Crippen molar-refractivity contribution in [2.24, 2.45) is 11.3 Å². The van der Waals surface area contributed by atoms with Gasteiger partial charge in [-0.3, -0.25) is 9.59 Å². The predicted molar refractivity (Wildman–Crippen MR) is 147 cm³/mol. The standard InChI is InChI=1S/C27H31FN6O2S2/c1-5-34-22(14-30-24(36)18-8-6-7-9-20(18)28)32-33-26(34)37-15-23(35)31-25-19(13-29)17-11-10-16(27(2,3)4)12-21(17)38-25/h6-9,16H,5,10-12,14-15H2,1-4H3,(H,30,36)(H,31,35)/t16-/m0/s1. The van der Waals surface area contributed by atoms with E-state index in [1.165, 1.54) is 46.2 Å². The molecule has 0 unspecified atom stereocenters. The van der Waals surface area contributed by atoms with E-state index in [-0.39, 0.29) is 29.2 Å². The van der Waals surface area contributed by atoms with E-state index in [2.05, 4.69) is 47.7 Å². The minimum Gasteiger partial charge on any atom is -0.345 e. The summed E-state index contributed by atoms with van der Waals surface area (Å²) in [6.45, 7) is 9.27. The van der Waals surface area contributed by atoms with Crippen LogP contribution in [0.2, 0.25) is 0 Å². The second kappa shape index (κ2) is 11.7. The zero-order valence-electron chi connectivity index (χ0n) is 21.9. The highest BCUT2D eigenvalue weighted by Gasteiger charge is 2.32. The lowest BCUT2D eigenvalue weighted by Crippen LogP contribution is -2.26. The molecule has 0 spiro atoms. The van der Waals surface area contributed by atoms with Gasteiger partial charge in [-0.05, 0) is 55.2 Å². The van der Waals surface area contributed by atoms with E-state index < -0.39 is 11.7 Å². The number of benzene rings is 1. The summed E-state index contributed by atoms with van der Waals surface area (Å²) in [6, 6.07) is 8.07. The maximum absolute atomic E-state index is 13.9. The van der Waals surface area contributed by atoms with Crippen molar-refractivity contribution < 1.29 is 14.0 Å². The van der Waals surface area contributed by atoms with Gasteiger partial charge in [0.05, 0.1) is 23.4 Å². The summed E-state index contributed by atoms with van der Waals surface area (Å²) >= 11 is 2.74. The zero-order chi connectivity index (χ0) is 27.4. The topological polar surface area (TPSA) is 113 Å². The van der Waals surface area contributed by atoms with Gasteiger partial charge in [-0.15, -0.1) is 21.5 Å². The lowest BCUT2D eigenvalue weighted by molar-refractivity contribution is -0.113. The lowest BCUT2D eigenvalue weighted by Gasteiger charge is -2.33. The molecule has 3 aromatic rings. The van der Waals surface area contributed by atoms with E-state index in [0.29, 0.717) is 34.0 Å². The van der Waals surface area contributed by atoms with Crippen LogP contribution in [0.5, 0.6) is 0 Å². The van der Waals surface area contributed by atoms with Crippen molar-refractivity contribution in [2.45, 2.75) is 65.2 Å². The maximum atomic E-state index is 13.9. The number of carbonyl (C=O) groups excluding carboxylic acids is 2. The molecule has 4 rings (SSSR count). The Hall–Kier alpha value is -3.23. The van der Waals surface area contributed by atoms with E-state index in [1.807, 2.05) is 6.92 Å². The Labute approximate surface area is 230 Å². The van der Waals surface area contributed by atoms with Crippen molar-refractivity contribution in [3.8, 4) is 6.07 Å². The summed E-state index contributed by atoms with van der Waals surface area (Å²) in [4.78, 5) is 26.4. The highest BCUT2D eigenvalue weighted by Crippen LogP contribution is 2.44. The molecule has 0 saturated carbocycles. The lowest BCUT2D eigenvalue weighted by atomic mass is 9.72. The first-order valence-corrected chi connectivity index (χ1v) is 14.3. The highest BCUT2D eigenvalue weighted by molar-refractivity contribution is 7.99. The molecule has 0 saturated heterocycles. The average Bonchev–Trinajstić information content (AvgIpc) is 3.44. The summed E-state index contributed by atoms with van der Waals surface area (Å²) in [6.07, 6.45) is 2.83. The number of fused-ring (bicyclic) bond motifs is 1. The number of anilines is 1. The van der Waals surface area contributed by atoms with Gasteiger partial charge in [0.1, 0.15) is 16.9 Å². The molecule has 2 amide bonds. The number of halogens is 1. The van der Waals surface area contributed by atoms with Gasteiger partial charge in [0.25, 0.3) is 5.91 Å². The Morgan fingerprint density at radius 2 is 2.05 bits per heavy atom. The Balaban J connectivity index is 1.37. The van der Waals surface area contributed by atoms with E-state index in [4.69, 9.17) is 0 Å². The number of nitrogens with zero attached hydrogens (tertiary/aromatic N) is 4. The van der Waals surface area contributed by atoms with Crippen molar-refractivity contribution in [3.63, 3.8) is 0 Å². The fraction of sp³-hybridized carbons (Fsp3) is 0.444. The Kier molecular flexibility index (Phi) is 8.53. The molecule has 0 bridgehead atoms. The third kappa shape index (κ3) is 6.08. The number of hydrogen-bond acceptors (Lipinski definition) is 7. The smallest absolute Gasteiger partial charge is 0.254 e. The fourth-order valence-electron chi connectivity index (χ4n) is 4.60. The number of nitrogens with one attached hydrogen (secondary N) is 2. The van der Waals surface area contributed by atoms with Gasteiger partial charge in [-0.2, -0.15) is 5.26 Å². The van der Waals surface area contributed by atoms with Crippen molar-refractivity contribution in [3.05, 3.63) is 57.5 Å². The van der Waals surface area contributed by atoms with Gasteiger partial charge in [0.2, 0.25) is 5.91 Å². The third-order valence-electron chi connectivity index (χ3n) is 6.82. The number of carbonyl (C=O) groups is 2. The van der Waals surface area contributed by atoms with Crippen LogP contribution in [0.3, 0.4) is 0 Å². The zero-order valence-corrected chi connectivity index (χ0v) is 23.6. The summed E-state index contributed by atoms with van der Waals surface area (Å²) in [5.74, 6) is -0.209. The second-order valence-corrected chi connectivity index (χ2v) is 12.3. The summed E-state index contributed by atoms with van der Waals surface area (Å²) in [5, 5.41) is 24.9. The summed E-state index contributed by atoms with van der Waals surface area (Å²) in [5.41, 5.74) is 1.82. The molecule has 0 fully saturated rings. The number of rotatable bonds is 8. The molecule has 1 aliphatic rings. The molecule has 1 atom stereocenters. The van der Waals surface area contributed by atoms with E-state index in [1.54, 1.807) is 10.6 Å². The molecule has 200 valence electrons. The molecule has 8 nitrogen and oxygen atoms in total. The van der Waals surface area contributed by atoms with E-state index >= 15 is 0 Å².